The van der Waals surface area contributed by atoms with Crippen molar-refractivity contribution < 1.29 is 32.2 Å². The average molecular weight is 456 g/mol. The van der Waals surface area contributed by atoms with Crippen LogP contribution in [0.25, 0.3) is 0 Å². The number of benzene rings is 2. The summed E-state index contributed by atoms with van der Waals surface area (Å²) < 4.78 is 56.8. The Labute approximate surface area is 182 Å². The Hall–Kier alpha value is -2.29. The molecule has 0 saturated carbocycles. The minimum atomic E-state index is -4.51. The standard InChI is InChI=1S/C22H21ClF3NO4/c23-16-7-9-17(10-8-16)27-20(14-4-3-5-15(12-14)22(24,25)26)18(31-21(27)28)13-30-19-6-1-2-11-29-19/h3-5,7-10,12,18-20H,1-2,6,11,13H2/t18-,19?,20-/m0/s1. The lowest BCUT2D eigenvalue weighted by Crippen LogP contribution is -2.33. The number of amides is 1. The maximum Gasteiger partial charge on any atom is 0.416 e. The summed E-state index contributed by atoms with van der Waals surface area (Å²) in [6.45, 7) is 0.588. The first-order valence-corrected chi connectivity index (χ1v) is 10.4. The van der Waals surface area contributed by atoms with Gasteiger partial charge in [-0.15, -0.1) is 0 Å². The first kappa shape index (κ1) is 21.9. The molecule has 4 rings (SSSR count). The molecule has 2 saturated heterocycles. The van der Waals surface area contributed by atoms with Crippen molar-refractivity contribution in [3.05, 3.63) is 64.7 Å². The predicted octanol–water partition coefficient (Wildman–Crippen LogP) is 5.97. The van der Waals surface area contributed by atoms with Gasteiger partial charge in [0.15, 0.2) is 12.4 Å². The van der Waals surface area contributed by atoms with Gasteiger partial charge in [-0.25, -0.2) is 4.79 Å². The topological polar surface area (TPSA) is 48.0 Å². The Bertz CT molecular complexity index is 916. The van der Waals surface area contributed by atoms with Crippen molar-refractivity contribution in [2.75, 3.05) is 18.1 Å². The second-order valence-electron chi connectivity index (χ2n) is 7.47. The third kappa shape index (κ3) is 4.97. The summed E-state index contributed by atoms with van der Waals surface area (Å²) in [7, 11) is 0. The molecular formula is C22H21ClF3NO4. The van der Waals surface area contributed by atoms with E-state index in [1.807, 2.05) is 0 Å². The number of carbonyl (C=O) groups excluding carboxylic acids is 1. The van der Waals surface area contributed by atoms with Crippen LogP contribution in [0.4, 0.5) is 23.7 Å². The van der Waals surface area contributed by atoms with Crippen LogP contribution in [0.15, 0.2) is 48.5 Å². The Morgan fingerprint density at radius 2 is 1.90 bits per heavy atom. The third-order valence-corrected chi connectivity index (χ3v) is 5.58. The van der Waals surface area contributed by atoms with Crippen LogP contribution in [0.3, 0.4) is 0 Å². The Balaban J connectivity index is 1.66. The number of cyclic esters (lactones) is 1. The summed E-state index contributed by atoms with van der Waals surface area (Å²) >= 11 is 5.95. The zero-order chi connectivity index (χ0) is 22.0. The van der Waals surface area contributed by atoms with Crippen molar-refractivity contribution in [3.8, 4) is 0 Å². The van der Waals surface area contributed by atoms with Crippen LogP contribution in [0, 0.1) is 0 Å². The molecule has 0 aromatic heterocycles. The monoisotopic (exact) mass is 455 g/mol. The molecule has 0 spiro atoms. The number of anilines is 1. The van der Waals surface area contributed by atoms with Crippen molar-refractivity contribution in [2.24, 2.45) is 0 Å². The number of halogens is 4. The fourth-order valence-corrected chi connectivity index (χ4v) is 3.96. The zero-order valence-electron chi connectivity index (χ0n) is 16.5. The zero-order valence-corrected chi connectivity index (χ0v) is 17.2. The van der Waals surface area contributed by atoms with Crippen LogP contribution in [0.1, 0.15) is 36.4 Å². The summed E-state index contributed by atoms with van der Waals surface area (Å²) in [4.78, 5) is 14.1. The maximum atomic E-state index is 13.3. The van der Waals surface area contributed by atoms with Gasteiger partial charge in [-0.2, -0.15) is 13.2 Å². The molecule has 0 bridgehead atoms. The van der Waals surface area contributed by atoms with Crippen molar-refractivity contribution >= 4 is 23.4 Å². The molecular weight excluding hydrogens is 435 g/mol. The number of alkyl halides is 3. The molecule has 1 unspecified atom stereocenters. The van der Waals surface area contributed by atoms with Gasteiger partial charge in [0.25, 0.3) is 0 Å². The Kier molecular flexibility index (Phi) is 6.41. The summed E-state index contributed by atoms with van der Waals surface area (Å²) in [6, 6.07) is 10.6. The molecule has 0 N–H and O–H groups in total. The minimum absolute atomic E-state index is 0.00140. The Morgan fingerprint density at radius 1 is 1.13 bits per heavy atom. The molecule has 5 nitrogen and oxygen atoms in total. The summed E-state index contributed by atoms with van der Waals surface area (Å²) in [5.41, 5.74) is -0.0299. The highest BCUT2D eigenvalue weighted by atomic mass is 35.5. The van der Waals surface area contributed by atoms with E-state index in [1.54, 1.807) is 30.3 Å². The summed E-state index contributed by atoms with van der Waals surface area (Å²) in [6.07, 6.45) is -3.76. The minimum Gasteiger partial charge on any atom is -0.441 e. The Morgan fingerprint density at radius 3 is 2.58 bits per heavy atom. The van der Waals surface area contributed by atoms with Crippen molar-refractivity contribution in [1.82, 2.24) is 0 Å². The van der Waals surface area contributed by atoms with Crippen LogP contribution < -0.4 is 4.90 Å². The highest BCUT2D eigenvalue weighted by Crippen LogP contribution is 2.40. The van der Waals surface area contributed by atoms with Crippen LogP contribution in [-0.2, 0) is 20.4 Å². The fourth-order valence-electron chi connectivity index (χ4n) is 3.83. The van der Waals surface area contributed by atoms with E-state index in [0.717, 1.165) is 31.4 Å². The molecule has 2 heterocycles. The second kappa shape index (κ2) is 9.06. The number of ether oxygens (including phenoxy) is 3. The molecule has 166 valence electrons. The largest absolute Gasteiger partial charge is 0.441 e. The quantitative estimate of drug-likeness (QED) is 0.557. The average Bonchev–Trinajstić information content (AvgIpc) is 3.09. The molecule has 2 aliphatic heterocycles. The van der Waals surface area contributed by atoms with E-state index in [0.29, 0.717) is 22.9 Å². The number of carbonyl (C=O) groups is 1. The molecule has 2 aromatic carbocycles. The molecule has 0 aliphatic carbocycles. The van der Waals surface area contributed by atoms with Crippen LogP contribution in [0.5, 0.6) is 0 Å². The van der Waals surface area contributed by atoms with Gasteiger partial charge in [0.1, 0.15) is 6.04 Å². The molecule has 9 heteroatoms. The van der Waals surface area contributed by atoms with Gasteiger partial charge in [-0.05, 0) is 61.2 Å². The van der Waals surface area contributed by atoms with Gasteiger partial charge < -0.3 is 14.2 Å². The first-order chi connectivity index (χ1) is 14.8. The van der Waals surface area contributed by atoms with Gasteiger partial charge in [-0.1, -0.05) is 23.7 Å². The fraction of sp³-hybridized carbons (Fsp3) is 0.409. The van der Waals surface area contributed by atoms with Gasteiger partial charge in [0.2, 0.25) is 0 Å². The number of rotatable bonds is 5. The molecule has 2 aliphatic rings. The molecule has 0 radical (unpaired) electrons. The predicted molar refractivity (Wildman–Crippen MR) is 108 cm³/mol. The highest BCUT2D eigenvalue weighted by molar-refractivity contribution is 6.30. The molecule has 2 fully saturated rings. The lowest BCUT2D eigenvalue weighted by atomic mass is 9.98. The van der Waals surface area contributed by atoms with Crippen LogP contribution in [0.2, 0.25) is 5.02 Å². The van der Waals surface area contributed by atoms with E-state index in [9.17, 15) is 18.0 Å². The van der Waals surface area contributed by atoms with E-state index < -0.39 is 36.3 Å². The smallest absolute Gasteiger partial charge is 0.416 e. The lowest BCUT2D eigenvalue weighted by molar-refractivity contribution is -0.174. The summed E-state index contributed by atoms with van der Waals surface area (Å²) in [5, 5.41) is 0.473. The third-order valence-electron chi connectivity index (χ3n) is 5.32. The second-order valence-corrected chi connectivity index (χ2v) is 7.90. The number of hydrogen-bond donors (Lipinski definition) is 0. The van der Waals surface area contributed by atoms with Gasteiger partial charge >= 0.3 is 12.3 Å². The van der Waals surface area contributed by atoms with E-state index in [1.165, 1.54) is 11.0 Å². The van der Waals surface area contributed by atoms with E-state index in [4.69, 9.17) is 25.8 Å². The highest BCUT2D eigenvalue weighted by Gasteiger charge is 2.45. The van der Waals surface area contributed by atoms with E-state index in [2.05, 4.69) is 0 Å². The van der Waals surface area contributed by atoms with Gasteiger partial charge in [-0.3, -0.25) is 4.90 Å². The van der Waals surface area contributed by atoms with Gasteiger partial charge in [0.05, 0.1) is 12.2 Å². The number of nitrogens with zero attached hydrogens (tertiary/aromatic N) is 1. The van der Waals surface area contributed by atoms with E-state index >= 15 is 0 Å². The molecule has 31 heavy (non-hydrogen) atoms. The summed E-state index contributed by atoms with van der Waals surface area (Å²) in [5.74, 6) is 0. The van der Waals surface area contributed by atoms with Crippen molar-refractivity contribution in [1.29, 1.82) is 0 Å². The van der Waals surface area contributed by atoms with E-state index in [-0.39, 0.29) is 6.61 Å². The lowest BCUT2D eigenvalue weighted by Gasteiger charge is -2.28. The first-order valence-electron chi connectivity index (χ1n) is 9.99. The van der Waals surface area contributed by atoms with Crippen molar-refractivity contribution in [3.63, 3.8) is 0 Å². The normalized spacial score (nSPS) is 24.3. The SMILES string of the molecule is O=C1O[C@@H](COC2CCCCO2)[C@H](c2cccc(C(F)(F)F)c2)N1c1ccc(Cl)cc1. The van der Waals surface area contributed by atoms with Gasteiger partial charge in [0, 0.05) is 17.3 Å². The van der Waals surface area contributed by atoms with Crippen LogP contribution >= 0.6 is 11.6 Å². The van der Waals surface area contributed by atoms with Crippen LogP contribution in [-0.4, -0.2) is 31.7 Å². The molecule has 1 amide bonds. The van der Waals surface area contributed by atoms with Crippen molar-refractivity contribution in [2.45, 2.75) is 43.9 Å². The molecule has 3 atom stereocenters. The molecule has 2 aromatic rings. The maximum absolute atomic E-state index is 13.3. The number of hydrogen-bond acceptors (Lipinski definition) is 4.